The number of rotatable bonds is 3. The van der Waals surface area contributed by atoms with Gasteiger partial charge in [0, 0.05) is 16.1 Å². The molecule has 2 rings (SSSR count). The molecule has 1 aliphatic rings. The maximum atomic E-state index is 14.1. The topological polar surface area (TPSA) is 12.0 Å². The van der Waals surface area contributed by atoms with Gasteiger partial charge in [0.15, 0.2) is 0 Å². The molecule has 1 aromatic carbocycles. The lowest BCUT2D eigenvalue weighted by Gasteiger charge is -2.24. The molecular formula is C12H14BrClFN. The van der Waals surface area contributed by atoms with Crippen LogP contribution in [-0.2, 0) is 0 Å². The lowest BCUT2D eigenvalue weighted by molar-refractivity contribution is 0.377. The van der Waals surface area contributed by atoms with Crippen LogP contribution in [0.2, 0.25) is 5.02 Å². The molecule has 0 saturated heterocycles. The van der Waals surface area contributed by atoms with Crippen LogP contribution in [0, 0.1) is 11.2 Å². The van der Waals surface area contributed by atoms with E-state index in [4.69, 9.17) is 11.6 Å². The van der Waals surface area contributed by atoms with Crippen LogP contribution in [-0.4, -0.2) is 7.05 Å². The minimum Gasteiger partial charge on any atom is -0.312 e. The van der Waals surface area contributed by atoms with Crippen molar-refractivity contribution in [1.82, 2.24) is 5.32 Å². The Labute approximate surface area is 109 Å². The van der Waals surface area contributed by atoms with Gasteiger partial charge in [0.1, 0.15) is 5.82 Å². The van der Waals surface area contributed by atoms with Gasteiger partial charge < -0.3 is 5.32 Å². The van der Waals surface area contributed by atoms with E-state index in [0.717, 1.165) is 12.8 Å². The predicted molar refractivity (Wildman–Crippen MR) is 68.3 cm³/mol. The molecule has 1 aromatic rings. The minimum absolute atomic E-state index is 0.0399. The van der Waals surface area contributed by atoms with Crippen LogP contribution < -0.4 is 5.32 Å². The summed E-state index contributed by atoms with van der Waals surface area (Å²) in [5.41, 5.74) is 0.836. The molecule has 0 amide bonds. The van der Waals surface area contributed by atoms with Gasteiger partial charge in [-0.2, -0.15) is 0 Å². The van der Waals surface area contributed by atoms with Crippen molar-refractivity contribution in [3.63, 3.8) is 0 Å². The largest absolute Gasteiger partial charge is 0.312 e. The Bertz CT molecular complexity index is 418. The van der Waals surface area contributed by atoms with E-state index in [-0.39, 0.29) is 22.3 Å². The molecule has 1 nitrogen and oxygen atoms in total. The molecule has 1 N–H and O–H groups in total. The molecule has 88 valence electrons. The Hall–Kier alpha value is -0.120. The van der Waals surface area contributed by atoms with Gasteiger partial charge in [-0.15, -0.1) is 0 Å². The van der Waals surface area contributed by atoms with Crippen molar-refractivity contribution in [1.29, 1.82) is 0 Å². The predicted octanol–water partition coefficient (Wildman–Crippen LogP) is 4.30. The van der Waals surface area contributed by atoms with Crippen LogP contribution in [0.3, 0.4) is 0 Å². The van der Waals surface area contributed by atoms with E-state index in [2.05, 4.69) is 28.2 Å². The number of hydrogen-bond donors (Lipinski definition) is 1. The van der Waals surface area contributed by atoms with E-state index in [1.165, 1.54) is 0 Å². The first kappa shape index (κ1) is 12.3. The average Bonchev–Trinajstić information content (AvgIpc) is 2.98. The minimum atomic E-state index is -0.316. The zero-order valence-electron chi connectivity index (χ0n) is 9.28. The van der Waals surface area contributed by atoms with Crippen LogP contribution >= 0.6 is 27.5 Å². The van der Waals surface area contributed by atoms with Crippen molar-refractivity contribution in [3.8, 4) is 0 Å². The van der Waals surface area contributed by atoms with E-state index in [0.29, 0.717) is 10.0 Å². The van der Waals surface area contributed by atoms with Crippen molar-refractivity contribution in [2.45, 2.75) is 25.8 Å². The Balaban J connectivity index is 2.43. The summed E-state index contributed by atoms with van der Waals surface area (Å²) in [4.78, 5) is 0. The number of hydrogen-bond acceptors (Lipinski definition) is 1. The van der Waals surface area contributed by atoms with Gasteiger partial charge in [-0.1, -0.05) is 24.6 Å². The van der Waals surface area contributed by atoms with Gasteiger partial charge in [-0.25, -0.2) is 4.39 Å². The standard InChI is InChI=1S/C12H14BrClFN/c1-12(5-6-12)11(16-2)7-3-4-8(13)9(14)10(7)15/h3-4,11,16H,5-6H2,1-2H3. The molecular weight excluding hydrogens is 292 g/mol. The number of nitrogens with one attached hydrogen (secondary N) is 1. The van der Waals surface area contributed by atoms with Crippen molar-refractivity contribution in [2.75, 3.05) is 7.05 Å². The maximum Gasteiger partial charge on any atom is 0.147 e. The summed E-state index contributed by atoms with van der Waals surface area (Å²) >= 11 is 9.13. The first-order chi connectivity index (χ1) is 7.49. The highest BCUT2D eigenvalue weighted by molar-refractivity contribution is 9.10. The van der Waals surface area contributed by atoms with Gasteiger partial charge in [0.2, 0.25) is 0 Å². The van der Waals surface area contributed by atoms with E-state index >= 15 is 0 Å². The summed E-state index contributed by atoms with van der Waals surface area (Å²) in [6, 6.07) is 3.64. The lowest BCUT2D eigenvalue weighted by Crippen LogP contribution is -2.25. The molecule has 0 aliphatic heterocycles. The van der Waals surface area contributed by atoms with E-state index in [1.54, 1.807) is 12.1 Å². The smallest absolute Gasteiger partial charge is 0.147 e. The molecule has 0 radical (unpaired) electrons. The third-order valence-electron chi connectivity index (χ3n) is 3.40. The van der Waals surface area contributed by atoms with E-state index in [1.807, 2.05) is 7.05 Å². The normalized spacial score (nSPS) is 19.6. The quantitative estimate of drug-likeness (QED) is 0.821. The number of halogens is 3. The molecule has 0 spiro atoms. The molecule has 0 aromatic heterocycles. The lowest BCUT2D eigenvalue weighted by atomic mass is 9.91. The number of benzene rings is 1. The summed E-state index contributed by atoms with van der Waals surface area (Å²) in [5, 5.41) is 3.36. The molecule has 1 fully saturated rings. The van der Waals surface area contributed by atoms with Crippen LogP contribution in [0.4, 0.5) is 4.39 Å². The molecule has 1 unspecified atom stereocenters. The van der Waals surface area contributed by atoms with Crippen LogP contribution in [0.1, 0.15) is 31.4 Å². The van der Waals surface area contributed by atoms with E-state index in [9.17, 15) is 4.39 Å². The van der Waals surface area contributed by atoms with Crippen molar-refractivity contribution in [3.05, 3.63) is 33.0 Å². The van der Waals surface area contributed by atoms with Crippen LogP contribution in [0.25, 0.3) is 0 Å². The van der Waals surface area contributed by atoms with Gasteiger partial charge in [-0.05, 0) is 47.3 Å². The Morgan fingerprint density at radius 1 is 1.50 bits per heavy atom. The fourth-order valence-electron chi connectivity index (χ4n) is 2.13. The molecule has 1 saturated carbocycles. The second kappa shape index (κ2) is 4.28. The summed E-state index contributed by atoms with van der Waals surface area (Å²) in [6.45, 7) is 2.17. The Kier molecular flexibility index (Phi) is 3.30. The third-order valence-corrected chi connectivity index (χ3v) is 4.66. The molecule has 4 heteroatoms. The second-order valence-corrected chi connectivity index (χ2v) is 5.87. The zero-order chi connectivity index (χ0) is 11.9. The highest BCUT2D eigenvalue weighted by Crippen LogP contribution is 2.55. The van der Waals surface area contributed by atoms with Crippen LogP contribution in [0.5, 0.6) is 0 Å². The van der Waals surface area contributed by atoms with Crippen molar-refractivity contribution >= 4 is 27.5 Å². The third kappa shape index (κ3) is 2.01. The SMILES string of the molecule is CNC(c1ccc(Br)c(Cl)c1F)C1(C)CC1. The highest BCUT2D eigenvalue weighted by Gasteiger charge is 2.45. The first-order valence-corrected chi connectivity index (χ1v) is 6.47. The van der Waals surface area contributed by atoms with Crippen molar-refractivity contribution in [2.24, 2.45) is 5.41 Å². The maximum absolute atomic E-state index is 14.1. The first-order valence-electron chi connectivity index (χ1n) is 5.30. The molecule has 0 heterocycles. The molecule has 1 aliphatic carbocycles. The second-order valence-electron chi connectivity index (χ2n) is 4.64. The highest BCUT2D eigenvalue weighted by atomic mass is 79.9. The average molecular weight is 307 g/mol. The van der Waals surface area contributed by atoms with Crippen LogP contribution in [0.15, 0.2) is 16.6 Å². The summed E-state index contributed by atoms with van der Waals surface area (Å²) < 4.78 is 14.7. The summed E-state index contributed by atoms with van der Waals surface area (Å²) in [5.74, 6) is -0.316. The van der Waals surface area contributed by atoms with E-state index < -0.39 is 0 Å². The Morgan fingerprint density at radius 2 is 2.12 bits per heavy atom. The van der Waals surface area contributed by atoms with Crippen molar-refractivity contribution < 1.29 is 4.39 Å². The fraction of sp³-hybridized carbons (Fsp3) is 0.500. The van der Waals surface area contributed by atoms with Gasteiger partial charge in [0.05, 0.1) is 5.02 Å². The summed E-state index contributed by atoms with van der Waals surface area (Å²) in [7, 11) is 1.86. The Morgan fingerprint density at radius 3 is 2.62 bits per heavy atom. The summed E-state index contributed by atoms with van der Waals surface area (Å²) in [6.07, 6.45) is 2.26. The molecule has 16 heavy (non-hydrogen) atoms. The van der Waals surface area contributed by atoms with Gasteiger partial charge in [0.25, 0.3) is 0 Å². The van der Waals surface area contributed by atoms with Gasteiger partial charge in [-0.3, -0.25) is 0 Å². The fourth-order valence-corrected chi connectivity index (χ4v) is 2.61. The monoisotopic (exact) mass is 305 g/mol. The molecule has 1 atom stereocenters. The molecule has 0 bridgehead atoms. The zero-order valence-corrected chi connectivity index (χ0v) is 11.6. The van der Waals surface area contributed by atoms with Gasteiger partial charge >= 0.3 is 0 Å².